The Kier molecular flexibility index (Phi) is 5.21. The van der Waals surface area contributed by atoms with Crippen LogP contribution in [0.5, 0.6) is 0 Å². The quantitative estimate of drug-likeness (QED) is 0.836. The molecule has 1 saturated carbocycles. The monoisotopic (exact) mass is 246 g/mol. The van der Waals surface area contributed by atoms with Crippen LogP contribution in [0.2, 0.25) is 0 Å². The minimum Gasteiger partial charge on any atom is -0.330 e. The Labute approximate surface area is 111 Å². The molecule has 2 heteroatoms. The van der Waals surface area contributed by atoms with Crippen molar-refractivity contribution in [2.75, 3.05) is 19.6 Å². The summed E-state index contributed by atoms with van der Waals surface area (Å²) in [5, 5.41) is 0. The van der Waals surface area contributed by atoms with E-state index in [1.165, 1.54) is 31.4 Å². The molecule has 100 valence electrons. The zero-order chi connectivity index (χ0) is 12.8. The van der Waals surface area contributed by atoms with Gasteiger partial charge in [0.2, 0.25) is 0 Å². The Morgan fingerprint density at radius 3 is 2.67 bits per heavy atom. The van der Waals surface area contributed by atoms with Crippen LogP contribution in [0.1, 0.15) is 31.7 Å². The highest BCUT2D eigenvalue weighted by molar-refractivity contribution is 5.14. The van der Waals surface area contributed by atoms with Gasteiger partial charge in [-0.15, -0.1) is 0 Å². The molecule has 2 unspecified atom stereocenters. The lowest BCUT2D eigenvalue weighted by molar-refractivity contribution is 0.172. The van der Waals surface area contributed by atoms with Crippen molar-refractivity contribution in [2.24, 2.45) is 11.7 Å². The van der Waals surface area contributed by atoms with Gasteiger partial charge in [0.25, 0.3) is 0 Å². The Morgan fingerprint density at radius 2 is 2.00 bits per heavy atom. The van der Waals surface area contributed by atoms with Crippen molar-refractivity contribution in [3.8, 4) is 0 Å². The first-order valence-electron chi connectivity index (χ1n) is 7.33. The standard InChI is InChI=1S/C16H26N2/c1-2-18(16-10-6-9-15(16)13-17)12-11-14-7-4-3-5-8-14/h3-5,7-8,15-16H,2,6,9-13,17H2,1H3. The second kappa shape index (κ2) is 6.91. The van der Waals surface area contributed by atoms with Crippen LogP contribution < -0.4 is 5.73 Å². The van der Waals surface area contributed by atoms with Crippen LogP contribution >= 0.6 is 0 Å². The number of hydrogen-bond donors (Lipinski definition) is 1. The van der Waals surface area contributed by atoms with Crippen LogP contribution in [-0.4, -0.2) is 30.6 Å². The summed E-state index contributed by atoms with van der Waals surface area (Å²) in [5.74, 6) is 0.723. The van der Waals surface area contributed by atoms with E-state index in [0.717, 1.165) is 31.5 Å². The summed E-state index contributed by atoms with van der Waals surface area (Å²) in [6.45, 7) is 5.44. The average molecular weight is 246 g/mol. The number of rotatable bonds is 6. The highest BCUT2D eigenvalue weighted by atomic mass is 15.2. The van der Waals surface area contributed by atoms with Crippen LogP contribution in [-0.2, 0) is 6.42 Å². The molecule has 0 bridgehead atoms. The fourth-order valence-corrected chi connectivity index (χ4v) is 3.25. The van der Waals surface area contributed by atoms with Gasteiger partial charge in [-0.1, -0.05) is 43.7 Å². The van der Waals surface area contributed by atoms with Gasteiger partial charge in [-0.05, 0) is 43.8 Å². The fraction of sp³-hybridized carbons (Fsp3) is 0.625. The second-order valence-electron chi connectivity index (χ2n) is 5.36. The molecule has 1 aliphatic rings. The van der Waals surface area contributed by atoms with E-state index in [0.29, 0.717) is 0 Å². The average Bonchev–Trinajstić information content (AvgIpc) is 2.89. The molecule has 0 spiro atoms. The molecule has 18 heavy (non-hydrogen) atoms. The molecule has 1 aliphatic carbocycles. The maximum absolute atomic E-state index is 5.90. The van der Waals surface area contributed by atoms with Gasteiger partial charge >= 0.3 is 0 Å². The summed E-state index contributed by atoms with van der Waals surface area (Å²) in [6, 6.07) is 11.5. The topological polar surface area (TPSA) is 29.3 Å². The molecule has 1 aromatic carbocycles. The summed E-state index contributed by atoms with van der Waals surface area (Å²) in [5.41, 5.74) is 7.34. The van der Waals surface area contributed by atoms with Crippen molar-refractivity contribution in [3.63, 3.8) is 0 Å². The van der Waals surface area contributed by atoms with E-state index in [-0.39, 0.29) is 0 Å². The van der Waals surface area contributed by atoms with E-state index in [2.05, 4.69) is 42.2 Å². The molecule has 2 nitrogen and oxygen atoms in total. The van der Waals surface area contributed by atoms with Crippen molar-refractivity contribution in [1.29, 1.82) is 0 Å². The predicted molar refractivity (Wildman–Crippen MR) is 77.6 cm³/mol. The van der Waals surface area contributed by atoms with Crippen molar-refractivity contribution in [3.05, 3.63) is 35.9 Å². The molecule has 0 amide bonds. The van der Waals surface area contributed by atoms with Crippen molar-refractivity contribution >= 4 is 0 Å². The lowest BCUT2D eigenvalue weighted by atomic mass is 10.0. The molecule has 0 saturated heterocycles. The lowest BCUT2D eigenvalue weighted by Crippen LogP contribution is -2.41. The number of nitrogens with zero attached hydrogens (tertiary/aromatic N) is 1. The first-order chi connectivity index (χ1) is 8.85. The highest BCUT2D eigenvalue weighted by Gasteiger charge is 2.29. The largest absolute Gasteiger partial charge is 0.330 e. The van der Waals surface area contributed by atoms with Crippen LogP contribution in [0.4, 0.5) is 0 Å². The van der Waals surface area contributed by atoms with Gasteiger partial charge in [0.15, 0.2) is 0 Å². The second-order valence-corrected chi connectivity index (χ2v) is 5.36. The van der Waals surface area contributed by atoms with Crippen LogP contribution in [0.25, 0.3) is 0 Å². The molecule has 1 fully saturated rings. The van der Waals surface area contributed by atoms with Crippen molar-refractivity contribution in [2.45, 2.75) is 38.6 Å². The summed E-state index contributed by atoms with van der Waals surface area (Å²) in [4.78, 5) is 2.64. The Balaban J connectivity index is 1.89. The van der Waals surface area contributed by atoms with Gasteiger partial charge < -0.3 is 10.6 Å². The summed E-state index contributed by atoms with van der Waals surface area (Å²) in [6.07, 6.45) is 5.17. The molecule has 0 aliphatic heterocycles. The lowest BCUT2D eigenvalue weighted by Gasteiger charge is -2.31. The summed E-state index contributed by atoms with van der Waals surface area (Å²) >= 11 is 0. The molecule has 0 aromatic heterocycles. The Morgan fingerprint density at radius 1 is 1.22 bits per heavy atom. The predicted octanol–water partition coefficient (Wildman–Crippen LogP) is 2.68. The molecule has 0 heterocycles. The zero-order valence-electron chi connectivity index (χ0n) is 11.5. The summed E-state index contributed by atoms with van der Waals surface area (Å²) in [7, 11) is 0. The minimum absolute atomic E-state index is 0.723. The first-order valence-corrected chi connectivity index (χ1v) is 7.33. The Bertz CT molecular complexity index is 336. The first kappa shape index (κ1) is 13.6. The normalized spacial score (nSPS) is 23.7. The zero-order valence-corrected chi connectivity index (χ0v) is 11.5. The van der Waals surface area contributed by atoms with E-state index in [1.807, 2.05) is 0 Å². The maximum atomic E-state index is 5.90. The molecule has 0 radical (unpaired) electrons. The highest BCUT2D eigenvalue weighted by Crippen LogP contribution is 2.29. The molecular formula is C16H26N2. The Hall–Kier alpha value is -0.860. The SMILES string of the molecule is CCN(CCc1ccccc1)C1CCCC1CN. The number of hydrogen-bond acceptors (Lipinski definition) is 2. The number of likely N-dealkylation sites (N-methyl/N-ethyl adjacent to an activating group) is 1. The molecule has 1 aromatic rings. The van der Waals surface area contributed by atoms with Crippen LogP contribution in [0.15, 0.2) is 30.3 Å². The third-order valence-corrected chi connectivity index (χ3v) is 4.33. The summed E-state index contributed by atoms with van der Waals surface area (Å²) < 4.78 is 0. The van der Waals surface area contributed by atoms with Crippen LogP contribution in [0.3, 0.4) is 0 Å². The van der Waals surface area contributed by atoms with Gasteiger partial charge in [-0.2, -0.15) is 0 Å². The van der Waals surface area contributed by atoms with Gasteiger partial charge in [0.1, 0.15) is 0 Å². The van der Waals surface area contributed by atoms with E-state index in [9.17, 15) is 0 Å². The number of nitrogens with two attached hydrogens (primary N) is 1. The molecular weight excluding hydrogens is 220 g/mol. The fourth-order valence-electron chi connectivity index (χ4n) is 3.25. The van der Waals surface area contributed by atoms with E-state index in [4.69, 9.17) is 5.73 Å². The van der Waals surface area contributed by atoms with E-state index in [1.54, 1.807) is 0 Å². The van der Waals surface area contributed by atoms with Crippen molar-refractivity contribution < 1.29 is 0 Å². The minimum atomic E-state index is 0.723. The van der Waals surface area contributed by atoms with Gasteiger partial charge in [0.05, 0.1) is 0 Å². The third kappa shape index (κ3) is 3.33. The van der Waals surface area contributed by atoms with Gasteiger partial charge in [0, 0.05) is 12.6 Å². The van der Waals surface area contributed by atoms with E-state index < -0.39 is 0 Å². The van der Waals surface area contributed by atoms with Gasteiger partial charge in [-0.3, -0.25) is 0 Å². The molecule has 2 rings (SSSR count). The third-order valence-electron chi connectivity index (χ3n) is 4.33. The molecule has 2 N–H and O–H groups in total. The van der Waals surface area contributed by atoms with Gasteiger partial charge in [-0.25, -0.2) is 0 Å². The molecule has 2 atom stereocenters. The number of benzene rings is 1. The maximum Gasteiger partial charge on any atom is 0.0136 e. The van der Waals surface area contributed by atoms with Crippen LogP contribution in [0, 0.1) is 5.92 Å². The van der Waals surface area contributed by atoms with Crippen molar-refractivity contribution in [1.82, 2.24) is 4.90 Å². The van der Waals surface area contributed by atoms with E-state index >= 15 is 0 Å². The smallest absolute Gasteiger partial charge is 0.0136 e.